The zero-order valence-corrected chi connectivity index (χ0v) is 18.8. The van der Waals surface area contributed by atoms with E-state index in [1.807, 2.05) is 4.72 Å². The fraction of sp³-hybridized carbons (Fsp3) is 0.263. The second-order valence-corrected chi connectivity index (χ2v) is 8.83. The molecule has 2 aromatic carbocycles. The molecule has 0 aliphatic heterocycles. The van der Waals surface area contributed by atoms with Crippen LogP contribution >= 0.6 is 11.6 Å². The lowest BCUT2D eigenvalue weighted by Gasteiger charge is -2.13. The van der Waals surface area contributed by atoms with E-state index in [-0.39, 0.29) is 17.1 Å². The van der Waals surface area contributed by atoms with E-state index in [0.29, 0.717) is 10.6 Å². The van der Waals surface area contributed by atoms with Crippen molar-refractivity contribution >= 4 is 44.9 Å². The van der Waals surface area contributed by atoms with Gasteiger partial charge in [0.2, 0.25) is 10.0 Å². The van der Waals surface area contributed by atoms with Crippen molar-refractivity contribution in [1.29, 1.82) is 0 Å². The average molecular weight is 485 g/mol. The average Bonchev–Trinajstić information content (AvgIpc) is 2.75. The summed E-state index contributed by atoms with van der Waals surface area (Å²) in [5.41, 5.74) is 0.489. The number of nitrogens with one attached hydrogen (secondary N) is 2. The number of anilines is 1. The number of nitrogens with zero attached hydrogens (tertiary/aromatic N) is 2. The quantitative estimate of drug-likeness (QED) is 0.292. The van der Waals surface area contributed by atoms with Crippen LogP contribution in [-0.4, -0.2) is 52.5 Å². The number of amides is 1. The van der Waals surface area contributed by atoms with E-state index in [9.17, 15) is 28.1 Å². The number of sulfonamides is 1. The number of hydrogen-bond acceptors (Lipinski definition) is 8. The molecule has 2 N–H and O–H groups in total. The fourth-order valence-corrected chi connectivity index (χ4v) is 3.71. The highest BCUT2D eigenvalue weighted by Gasteiger charge is 2.23. The van der Waals surface area contributed by atoms with Gasteiger partial charge in [-0.15, -0.1) is 0 Å². The van der Waals surface area contributed by atoms with Crippen LogP contribution in [0.25, 0.3) is 0 Å². The molecule has 13 heteroatoms. The third kappa shape index (κ3) is 6.90. The zero-order valence-electron chi connectivity index (χ0n) is 17.2. The number of carbonyl (C=O) groups excluding carboxylic acids is 2. The molecule has 2 rings (SSSR count). The number of nitro benzene ring substituents is 1. The van der Waals surface area contributed by atoms with Gasteiger partial charge in [-0.05, 0) is 23.8 Å². The summed E-state index contributed by atoms with van der Waals surface area (Å²) in [6.45, 7) is -1.25. The second kappa shape index (κ2) is 10.9. The minimum absolute atomic E-state index is 0.129. The van der Waals surface area contributed by atoms with E-state index in [1.54, 1.807) is 38.4 Å². The predicted molar refractivity (Wildman–Crippen MR) is 117 cm³/mol. The summed E-state index contributed by atoms with van der Waals surface area (Å²) in [5.74, 6) is -1.60. The number of rotatable bonds is 10. The van der Waals surface area contributed by atoms with Gasteiger partial charge in [-0.2, -0.15) is 4.72 Å². The standard InChI is InChI=1S/C19H21ClN4O7S/c1-23(2)16-8-7-14(9-17(16)24(27)28)32(29,30)22-11-19(26)31-12-18(25)21-10-13-5-3-4-6-15(13)20/h3-9,22H,10-12H2,1-2H3,(H,21,25). The molecule has 0 saturated carbocycles. The summed E-state index contributed by atoms with van der Waals surface area (Å²) in [5, 5.41) is 14.2. The lowest BCUT2D eigenvalue weighted by atomic mass is 10.2. The van der Waals surface area contributed by atoms with Gasteiger partial charge in [0.15, 0.2) is 6.61 Å². The summed E-state index contributed by atoms with van der Waals surface area (Å²) in [4.78, 5) is 35.2. The van der Waals surface area contributed by atoms with Gasteiger partial charge in [0.1, 0.15) is 12.2 Å². The van der Waals surface area contributed by atoms with Crippen molar-refractivity contribution in [2.45, 2.75) is 11.4 Å². The van der Waals surface area contributed by atoms with Gasteiger partial charge >= 0.3 is 5.97 Å². The molecule has 32 heavy (non-hydrogen) atoms. The molecule has 11 nitrogen and oxygen atoms in total. The molecule has 0 saturated heterocycles. The lowest BCUT2D eigenvalue weighted by Crippen LogP contribution is -2.33. The Kier molecular flexibility index (Phi) is 8.52. The number of carbonyl (C=O) groups is 2. The molecule has 0 unspecified atom stereocenters. The maximum atomic E-state index is 12.4. The molecule has 2 aromatic rings. The van der Waals surface area contributed by atoms with E-state index < -0.39 is 45.7 Å². The number of ether oxygens (including phenoxy) is 1. The number of nitro groups is 1. The first kappa shape index (κ1) is 25.0. The van der Waals surface area contributed by atoms with Gasteiger partial charge in [-0.25, -0.2) is 8.42 Å². The summed E-state index contributed by atoms with van der Waals surface area (Å²) in [6.07, 6.45) is 0. The van der Waals surface area contributed by atoms with Crippen molar-refractivity contribution in [2.75, 3.05) is 32.1 Å². The van der Waals surface area contributed by atoms with Gasteiger partial charge < -0.3 is 15.0 Å². The van der Waals surface area contributed by atoms with Crippen molar-refractivity contribution in [1.82, 2.24) is 10.0 Å². The number of benzene rings is 2. The smallest absolute Gasteiger partial charge is 0.321 e. The summed E-state index contributed by atoms with van der Waals surface area (Å²) < 4.78 is 31.5. The fourth-order valence-electron chi connectivity index (χ4n) is 2.52. The Morgan fingerprint density at radius 1 is 1.19 bits per heavy atom. The second-order valence-electron chi connectivity index (χ2n) is 6.66. The lowest BCUT2D eigenvalue weighted by molar-refractivity contribution is -0.384. The van der Waals surface area contributed by atoms with Crippen LogP contribution in [-0.2, 0) is 30.9 Å². The first-order chi connectivity index (χ1) is 15.0. The Hall–Kier alpha value is -3.22. The SMILES string of the molecule is CN(C)c1ccc(S(=O)(=O)NCC(=O)OCC(=O)NCc2ccccc2Cl)cc1[N+](=O)[O-]. The Bertz CT molecular complexity index is 1120. The highest BCUT2D eigenvalue weighted by molar-refractivity contribution is 7.89. The molecule has 0 aromatic heterocycles. The molecule has 0 heterocycles. The Labute approximate surface area is 189 Å². The molecule has 0 radical (unpaired) electrons. The molecular weight excluding hydrogens is 464 g/mol. The number of hydrogen-bond donors (Lipinski definition) is 2. The Morgan fingerprint density at radius 2 is 1.88 bits per heavy atom. The Morgan fingerprint density at radius 3 is 2.50 bits per heavy atom. The van der Waals surface area contributed by atoms with E-state index in [1.165, 1.54) is 17.0 Å². The number of esters is 1. The van der Waals surface area contributed by atoms with Crippen LogP contribution < -0.4 is 14.9 Å². The van der Waals surface area contributed by atoms with Gasteiger partial charge in [-0.1, -0.05) is 29.8 Å². The molecule has 1 amide bonds. The topological polar surface area (TPSA) is 148 Å². The van der Waals surface area contributed by atoms with Gasteiger partial charge in [-0.3, -0.25) is 19.7 Å². The predicted octanol–water partition coefficient (Wildman–Crippen LogP) is 1.45. The normalized spacial score (nSPS) is 11.0. The molecule has 0 aliphatic rings. The summed E-state index contributed by atoms with van der Waals surface area (Å²) in [7, 11) is -1.07. The minimum atomic E-state index is -4.23. The van der Waals surface area contributed by atoms with Crippen LogP contribution in [0, 0.1) is 10.1 Å². The first-order valence-corrected chi connectivity index (χ1v) is 11.0. The van der Waals surface area contributed by atoms with Crippen molar-refractivity contribution < 1.29 is 27.7 Å². The van der Waals surface area contributed by atoms with Gasteiger partial charge in [0.25, 0.3) is 11.6 Å². The Balaban J connectivity index is 1.89. The van der Waals surface area contributed by atoms with Crippen LogP contribution in [0.3, 0.4) is 0 Å². The largest absolute Gasteiger partial charge is 0.455 e. The van der Waals surface area contributed by atoms with Crippen LogP contribution in [0.5, 0.6) is 0 Å². The van der Waals surface area contributed by atoms with E-state index in [4.69, 9.17) is 16.3 Å². The summed E-state index contributed by atoms with van der Waals surface area (Å²) >= 11 is 5.98. The van der Waals surface area contributed by atoms with E-state index >= 15 is 0 Å². The number of halogens is 1. The molecule has 0 atom stereocenters. The van der Waals surface area contributed by atoms with Crippen LogP contribution in [0.15, 0.2) is 47.4 Å². The maximum absolute atomic E-state index is 12.4. The van der Waals surface area contributed by atoms with Gasteiger partial charge in [0, 0.05) is 31.7 Å². The molecule has 0 aliphatic carbocycles. The van der Waals surface area contributed by atoms with E-state index in [0.717, 1.165) is 6.07 Å². The molecular formula is C19H21ClN4O7S. The maximum Gasteiger partial charge on any atom is 0.321 e. The third-order valence-electron chi connectivity index (χ3n) is 4.14. The van der Waals surface area contributed by atoms with Gasteiger partial charge in [0.05, 0.1) is 9.82 Å². The monoisotopic (exact) mass is 484 g/mol. The molecule has 0 spiro atoms. The molecule has 0 bridgehead atoms. The summed E-state index contributed by atoms with van der Waals surface area (Å²) in [6, 6.07) is 10.2. The molecule has 0 fully saturated rings. The van der Waals surface area contributed by atoms with Crippen LogP contribution in [0.1, 0.15) is 5.56 Å². The highest BCUT2D eigenvalue weighted by Crippen LogP contribution is 2.29. The van der Waals surface area contributed by atoms with E-state index in [2.05, 4.69) is 5.32 Å². The molecule has 172 valence electrons. The van der Waals surface area contributed by atoms with Crippen molar-refractivity contribution in [3.63, 3.8) is 0 Å². The van der Waals surface area contributed by atoms with Crippen molar-refractivity contribution in [2.24, 2.45) is 0 Å². The minimum Gasteiger partial charge on any atom is -0.455 e. The first-order valence-electron chi connectivity index (χ1n) is 9.12. The van der Waals surface area contributed by atoms with Crippen LogP contribution in [0.2, 0.25) is 5.02 Å². The zero-order chi connectivity index (χ0) is 23.9. The van der Waals surface area contributed by atoms with Crippen molar-refractivity contribution in [3.05, 3.63) is 63.2 Å². The van der Waals surface area contributed by atoms with Crippen LogP contribution in [0.4, 0.5) is 11.4 Å². The third-order valence-corrected chi connectivity index (χ3v) is 5.91. The highest BCUT2D eigenvalue weighted by atomic mass is 35.5. The van der Waals surface area contributed by atoms with Crippen molar-refractivity contribution in [3.8, 4) is 0 Å².